The summed E-state index contributed by atoms with van der Waals surface area (Å²) < 4.78 is 79.0. The number of nitrogens with zero attached hydrogens (tertiary/aromatic N) is 5. The van der Waals surface area contributed by atoms with E-state index in [-0.39, 0.29) is 47.2 Å². The minimum atomic E-state index is -4.70. The molecule has 4 N–H and O–H groups in total. The maximum Gasteiger partial charge on any atom is 0.421 e. The van der Waals surface area contributed by atoms with E-state index in [1.165, 1.54) is 17.0 Å². The number of benzene rings is 2. The van der Waals surface area contributed by atoms with Crippen LogP contribution in [0.2, 0.25) is 5.02 Å². The lowest BCUT2D eigenvalue weighted by molar-refractivity contribution is -0.166. The number of nitrogens with one attached hydrogen (secondary N) is 3. The number of amides is 2. The standard InChI is InChI=1S/C41H50ClF3N8O6S/c1-26-20-28(5-7-32(26)47-37-46-22-30(41(43,44)45)35(49-37)53-15-3-10-38(2,56)23-53)60(57,58)50-39-11-13-40(14-12-39,59-25-39)24-51-16-18-52(19-17-51)33-8-4-27(21-31(33)42)29-6-9-34(54)48-36(29)55/h4-5,7-8,20-22,29,50,56H,3,6,9-19,23-25H2,1-2H3,(H,46,47,49)(H,48,54,55)/t29?,38-,39?,40?/m0/s1. The maximum absolute atomic E-state index is 14.0. The van der Waals surface area contributed by atoms with Gasteiger partial charge in [0.1, 0.15) is 11.4 Å². The molecule has 2 aromatic carbocycles. The minimum Gasteiger partial charge on any atom is -0.388 e. The van der Waals surface area contributed by atoms with Gasteiger partial charge in [-0.2, -0.15) is 18.2 Å². The summed E-state index contributed by atoms with van der Waals surface area (Å²) in [6, 6.07) is 10.2. The van der Waals surface area contributed by atoms with Gasteiger partial charge in [0.2, 0.25) is 27.8 Å². The molecule has 14 nitrogen and oxygen atoms in total. The Bertz CT molecular complexity index is 2250. The molecule has 2 amide bonds. The lowest BCUT2D eigenvalue weighted by atomic mass is 9.71. The van der Waals surface area contributed by atoms with E-state index in [1.807, 2.05) is 18.2 Å². The molecule has 324 valence electrons. The van der Waals surface area contributed by atoms with Crippen molar-refractivity contribution in [2.75, 3.05) is 67.5 Å². The largest absolute Gasteiger partial charge is 0.421 e. The molecule has 6 heterocycles. The van der Waals surface area contributed by atoms with Crippen LogP contribution in [0.1, 0.15) is 80.9 Å². The Morgan fingerprint density at radius 3 is 2.40 bits per heavy atom. The van der Waals surface area contributed by atoms with Crippen molar-refractivity contribution in [2.24, 2.45) is 0 Å². The number of carbonyl (C=O) groups excluding carboxylic acids is 2. The van der Waals surface area contributed by atoms with Gasteiger partial charge in [-0.25, -0.2) is 18.1 Å². The number of aryl methyl sites for hydroxylation is 1. The SMILES string of the molecule is Cc1cc(S(=O)(=O)NC23CCC(CN4CCN(c5ccc(C6CCC(=O)NC6=O)cc5Cl)CC4)(CC2)OC3)ccc1Nc1ncc(C(F)(F)F)c(N2CCC[C@](C)(O)C2)n1. The van der Waals surface area contributed by atoms with Crippen molar-refractivity contribution in [3.63, 3.8) is 0 Å². The Morgan fingerprint density at radius 1 is 1.02 bits per heavy atom. The van der Waals surface area contributed by atoms with Crippen molar-refractivity contribution in [1.82, 2.24) is 24.9 Å². The fourth-order valence-electron chi connectivity index (χ4n) is 9.34. The van der Waals surface area contributed by atoms with Crippen LogP contribution in [0.5, 0.6) is 0 Å². The Labute approximate surface area is 352 Å². The van der Waals surface area contributed by atoms with E-state index in [2.05, 4.69) is 35.1 Å². The van der Waals surface area contributed by atoms with Gasteiger partial charge in [0.05, 0.1) is 44.9 Å². The summed E-state index contributed by atoms with van der Waals surface area (Å²) in [4.78, 5) is 38.2. The summed E-state index contributed by atoms with van der Waals surface area (Å²) in [7, 11) is -3.97. The number of carbonyl (C=O) groups is 2. The predicted octanol–water partition coefficient (Wildman–Crippen LogP) is 5.25. The monoisotopic (exact) mass is 874 g/mol. The molecule has 60 heavy (non-hydrogen) atoms. The third-order valence-corrected chi connectivity index (χ3v) is 14.6. The smallest absolute Gasteiger partial charge is 0.388 e. The van der Waals surface area contributed by atoms with Gasteiger partial charge in [-0.05, 0) is 100 Å². The number of imide groups is 1. The summed E-state index contributed by atoms with van der Waals surface area (Å²) >= 11 is 6.73. The highest BCUT2D eigenvalue weighted by Crippen LogP contribution is 2.45. The lowest BCUT2D eigenvalue weighted by Crippen LogP contribution is -2.65. The number of anilines is 4. The number of piperazine rings is 1. The van der Waals surface area contributed by atoms with Gasteiger partial charge >= 0.3 is 6.18 Å². The number of rotatable bonds is 10. The molecule has 19 heteroatoms. The lowest BCUT2D eigenvalue weighted by Gasteiger charge is -2.54. The molecular formula is C41H50ClF3N8O6S. The number of fused-ring (bicyclic) bond motifs is 3. The van der Waals surface area contributed by atoms with E-state index in [0.29, 0.717) is 74.2 Å². The van der Waals surface area contributed by atoms with Crippen LogP contribution in [0, 0.1) is 6.92 Å². The Balaban J connectivity index is 0.858. The molecule has 1 aromatic heterocycles. The average molecular weight is 875 g/mol. The zero-order valence-electron chi connectivity index (χ0n) is 33.6. The summed E-state index contributed by atoms with van der Waals surface area (Å²) in [6.45, 7) is 7.66. The van der Waals surface area contributed by atoms with Crippen LogP contribution in [-0.2, 0) is 30.5 Å². The van der Waals surface area contributed by atoms with Gasteiger partial charge in [0.15, 0.2) is 0 Å². The number of halogens is 4. The molecular weight excluding hydrogens is 825 g/mol. The second kappa shape index (κ2) is 16.0. The van der Waals surface area contributed by atoms with E-state index in [1.54, 1.807) is 19.9 Å². The van der Waals surface area contributed by atoms with Gasteiger partial charge in [0.25, 0.3) is 0 Å². The third kappa shape index (κ3) is 8.95. The molecule has 5 aliphatic heterocycles. The first-order chi connectivity index (χ1) is 28.3. The van der Waals surface area contributed by atoms with Crippen molar-refractivity contribution >= 4 is 56.6 Å². The van der Waals surface area contributed by atoms with Crippen molar-refractivity contribution in [1.29, 1.82) is 0 Å². The summed E-state index contributed by atoms with van der Waals surface area (Å²) in [5.74, 6) is -1.36. The highest BCUT2D eigenvalue weighted by molar-refractivity contribution is 7.89. The molecule has 2 bridgehead atoms. The van der Waals surface area contributed by atoms with E-state index in [4.69, 9.17) is 16.3 Å². The van der Waals surface area contributed by atoms with Gasteiger partial charge in [-0.15, -0.1) is 0 Å². The minimum absolute atomic E-state index is 0.0129. The number of β-amino-alcohol motifs (C(OH)–C–C–N with tert-alkyl or cyclic N) is 1. The molecule has 6 aliphatic rings. The van der Waals surface area contributed by atoms with E-state index in [9.17, 15) is 36.3 Å². The van der Waals surface area contributed by atoms with Crippen molar-refractivity contribution < 1.29 is 41.0 Å². The zero-order chi connectivity index (χ0) is 42.7. The van der Waals surface area contributed by atoms with Crippen LogP contribution in [0.3, 0.4) is 0 Å². The number of hydrogen-bond donors (Lipinski definition) is 4. The van der Waals surface area contributed by atoms with Crippen molar-refractivity contribution in [3.05, 3.63) is 64.3 Å². The summed E-state index contributed by atoms with van der Waals surface area (Å²) in [6.07, 6.45) is 0.408. The third-order valence-electron chi connectivity index (χ3n) is 12.8. The van der Waals surface area contributed by atoms with Crippen LogP contribution in [0.4, 0.5) is 36.3 Å². The number of hydrogen-bond acceptors (Lipinski definition) is 12. The predicted molar refractivity (Wildman–Crippen MR) is 219 cm³/mol. The molecule has 1 aliphatic carbocycles. The second-order valence-corrected chi connectivity index (χ2v) is 19.5. The molecule has 1 unspecified atom stereocenters. The van der Waals surface area contributed by atoms with Crippen LogP contribution >= 0.6 is 11.6 Å². The first kappa shape index (κ1) is 42.6. The van der Waals surface area contributed by atoms with Crippen molar-refractivity contribution in [2.45, 2.75) is 98.9 Å². The summed E-state index contributed by atoms with van der Waals surface area (Å²) in [5.41, 5.74) is -0.623. The van der Waals surface area contributed by atoms with E-state index < -0.39 is 38.8 Å². The normalized spacial score (nSPS) is 27.9. The first-order valence-electron chi connectivity index (χ1n) is 20.4. The van der Waals surface area contributed by atoms with E-state index >= 15 is 0 Å². The topological polar surface area (TPSA) is 169 Å². The number of aliphatic hydroxyl groups is 1. The molecule has 2 atom stereocenters. The highest BCUT2D eigenvalue weighted by atomic mass is 35.5. The molecule has 5 saturated heterocycles. The summed E-state index contributed by atoms with van der Waals surface area (Å²) in [5, 5.41) is 16.5. The van der Waals surface area contributed by atoms with Gasteiger partial charge in [0, 0.05) is 64.1 Å². The average Bonchev–Trinajstić information content (AvgIpc) is 3.19. The van der Waals surface area contributed by atoms with Gasteiger partial charge in [-0.1, -0.05) is 17.7 Å². The molecule has 0 spiro atoms. The van der Waals surface area contributed by atoms with Crippen LogP contribution in [-0.4, -0.2) is 109 Å². The van der Waals surface area contributed by atoms with Gasteiger partial charge in [-0.3, -0.25) is 19.8 Å². The molecule has 3 aromatic rings. The van der Waals surface area contributed by atoms with Crippen LogP contribution in [0.15, 0.2) is 47.5 Å². The van der Waals surface area contributed by atoms with Crippen LogP contribution < -0.4 is 25.2 Å². The quantitative estimate of drug-likeness (QED) is 0.196. The fourth-order valence-corrected chi connectivity index (χ4v) is 11.2. The van der Waals surface area contributed by atoms with Gasteiger partial charge < -0.3 is 25.0 Å². The highest BCUT2D eigenvalue weighted by Gasteiger charge is 2.52. The van der Waals surface area contributed by atoms with Crippen LogP contribution in [0.25, 0.3) is 0 Å². The number of ether oxygens (including phenoxy) is 1. The zero-order valence-corrected chi connectivity index (χ0v) is 35.1. The number of aromatic nitrogens is 2. The number of piperidine rings is 2. The van der Waals surface area contributed by atoms with Crippen molar-refractivity contribution in [3.8, 4) is 0 Å². The maximum atomic E-state index is 14.0. The number of alkyl halides is 3. The molecule has 0 radical (unpaired) electrons. The molecule has 9 rings (SSSR count). The Kier molecular flexibility index (Phi) is 11.4. The Morgan fingerprint density at radius 2 is 1.77 bits per heavy atom. The van der Waals surface area contributed by atoms with E-state index in [0.717, 1.165) is 50.2 Å². The first-order valence-corrected chi connectivity index (χ1v) is 22.3. The fraction of sp³-hybridized carbons (Fsp3) is 0.561. The second-order valence-electron chi connectivity index (χ2n) is 17.4. The molecule has 1 saturated carbocycles. The number of sulfonamides is 1. The molecule has 6 fully saturated rings. The Hall–Kier alpha value is -4.07.